The van der Waals surface area contributed by atoms with E-state index in [-0.39, 0.29) is 12.4 Å². The zero-order chi connectivity index (χ0) is 20.7. The largest absolute Gasteiger partial charge is 0.470 e. The molecule has 2 atom stereocenters. The van der Waals surface area contributed by atoms with E-state index >= 15 is 0 Å². The summed E-state index contributed by atoms with van der Waals surface area (Å²) in [5.41, 5.74) is 1.86. The molecule has 0 aliphatic carbocycles. The number of aromatic nitrogens is 4. The van der Waals surface area contributed by atoms with E-state index in [4.69, 9.17) is 4.42 Å². The lowest BCUT2D eigenvalue weighted by Crippen LogP contribution is -2.29. The van der Waals surface area contributed by atoms with Crippen molar-refractivity contribution in [1.29, 1.82) is 0 Å². The molecule has 2 aromatic heterocycles. The molecule has 10 heteroatoms. The van der Waals surface area contributed by atoms with Crippen molar-refractivity contribution in [3.63, 3.8) is 0 Å². The van der Waals surface area contributed by atoms with Crippen LogP contribution in [0.4, 0.5) is 19.0 Å². The fourth-order valence-electron chi connectivity index (χ4n) is 4.27. The van der Waals surface area contributed by atoms with Gasteiger partial charge in [0.15, 0.2) is 0 Å². The van der Waals surface area contributed by atoms with Gasteiger partial charge in [0.1, 0.15) is 5.82 Å². The van der Waals surface area contributed by atoms with Crippen LogP contribution in [0.3, 0.4) is 0 Å². The summed E-state index contributed by atoms with van der Waals surface area (Å²) in [5.74, 6) is 0.403. The quantitative estimate of drug-likeness (QED) is 0.647. The summed E-state index contributed by atoms with van der Waals surface area (Å²) < 4.78 is 42.6. The van der Waals surface area contributed by atoms with Crippen LogP contribution in [0.1, 0.15) is 11.8 Å². The van der Waals surface area contributed by atoms with Gasteiger partial charge < -0.3 is 9.32 Å². The second-order valence-electron chi connectivity index (χ2n) is 7.74. The SMILES string of the molecule is FC(F)(F)c1nnc(CN2CC3CN(c4cnc(-c5ccccc5)cn4)CC3C2)o1. The van der Waals surface area contributed by atoms with E-state index in [1.54, 1.807) is 12.4 Å². The summed E-state index contributed by atoms with van der Waals surface area (Å²) in [5, 5.41) is 6.62. The Morgan fingerprint density at radius 2 is 1.67 bits per heavy atom. The molecule has 0 spiro atoms. The van der Waals surface area contributed by atoms with Crippen LogP contribution in [-0.2, 0) is 12.7 Å². The Kier molecular flexibility index (Phi) is 4.65. The van der Waals surface area contributed by atoms with E-state index in [1.807, 2.05) is 30.3 Å². The lowest BCUT2D eigenvalue weighted by atomic mass is 10.0. The summed E-state index contributed by atoms with van der Waals surface area (Å²) in [6.07, 6.45) is -1.01. The Morgan fingerprint density at radius 3 is 2.27 bits per heavy atom. The monoisotopic (exact) mass is 416 g/mol. The number of rotatable bonds is 4. The van der Waals surface area contributed by atoms with Crippen LogP contribution in [-0.4, -0.2) is 51.2 Å². The van der Waals surface area contributed by atoms with E-state index < -0.39 is 12.1 Å². The number of benzene rings is 1. The van der Waals surface area contributed by atoms with Crippen molar-refractivity contribution in [2.75, 3.05) is 31.1 Å². The molecule has 7 nitrogen and oxygen atoms in total. The zero-order valence-corrected chi connectivity index (χ0v) is 16.0. The molecule has 2 aliphatic rings. The lowest BCUT2D eigenvalue weighted by molar-refractivity contribution is -0.157. The van der Waals surface area contributed by atoms with Crippen LogP contribution in [0, 0.1) is 11.8 Å². The second kappa shape index (κ2) is 7.35. The maximum Gasteiger partial charge on any atom is 0.470 e. The third-order valence-corrected chi connectivity index (χ3v) is 5.66. The van der Waals surface area contributed by atoms with Crippen LogP contribution >= 0.6 is 0 Å². The van der Waals surface area contributed by atoms with E-state index in [9.17, 15) is 13.2 Å². The third kappa shape index (κ3) is 3.74. The minimum absolute atomic E-state index is 0.00141. The molecule has 3 aromatic rings. The van der Waals surface area contributed by atoms with E-state index in [0.29, 0.717) is 11.8 Å². The molecule has 4 heterocycles. The van der Waals surface area contributed by atoms with Gasteiger partial charge >= 0.3 is 12.1 Å². The van der Waals surface area contributed by atoms with Gasteiger partial charge in [-0.3, -0.25) is 9.88 Å². The number of hydrogen-bond donors (Lipinski definition) is 0. The van der Waals surface area contributed by atoms with Crippen LogP contribution in [0.2, 0.25) is 0 Å². The summed E-state index contributed by atoms with van der Waals surface area (Å²) in [4.78, 5) is 13.4. The Morgan fingerprint density at radius 1 is 0.933 bits per heavy atom. The van der Waals surface area contributed by atoms with E-state index in [0.717, 1.165) is 43.3 Å². The van der Waals surface area contributed by atoms with Crippen molar-refractivity contribution in [3.8, 4) is 11.3 Å². The number of anilines is 1. The summed E-state index contributed by atoms with van der Waals surface area (Å²) in [7, 11) is 0. The molecule has 0 saturated carbocycles. The molecule has 0 amide bonds. The van der Waals surface area contributed by atoms with Crippen molar-refractivity contribution in [2.45, 2.75) is 12.7 Å². The maximum absolute atomic E-state index is 12.6. The number of alkyl halides is 3. The highest BCUT2D eigenvalue weighted by Crippen LogP contribution is 2.34. The number of fused-ring (bicyclic) bond motifs is 1. The third-order valence-electron chi connectivity index (χ3n) is 5.66. The molecule has 2 unspecified atom stereocenters. The summed E-state index contributed by atoms with van der Waals surface area (Å²) in [6.45, 7) is 3.48. The lowest BCUT2D eigenvalue weighted by Gasteiger charge is -2.21. The van der Waals surface area contributed by atoms with Gasteiger partial charge in [-0.05, 0) is 11.8 Å². The molecule has 0 bridgehead atoms. The fourth-order valence-corrected chi connectivity index (χ4v) is 4.27. The molecule has 0 N–H and O–H groups in total. The Balaban J connectivity index is 1.18. The van der Waals surface area contributed by atoms with Crippen molar-refractivity contribution < 1.29 is 17.6 Å². The van der Waals surface area contributed by atoms with Crippen LogP contribution < -0.4 is 4.90 Å². The number of nitrogens with zero attached hydrogens (tertiary/aromatic N) is 6. The van der Waals surface area contributed by atoms with Gasteiger partial charge in [0.2, 0.25) is 5.89 Å². The Hall–Kier alpha value is -3.01. The van der Waals surface area contributed by atoms with Crippen LogP contribution in [0.25, 0.3) is 11.3 Å². The fraction of sp³-hybridized carbons (Fsp3) is 0.400. The van der Waals surface area contributed by atoms with Crippen molar-refractivity contribution in [2.24, 2.45) is 11.8 Å². The van der Waals surface area contributed by atoms with Gasteiger partial charge in [0.25, 0.3) is 0 Å². The van der Waals surface area contributed by atoms with E-state index in [2.05, 4.69) is 30.0 Å². The minimum atomic E-state index is -4.61. The zero-order valence-electron chi connectivity index (χ0n) is 16.0. The summed E-state index contributed by atoms with van der Waals surface area (Å²) >= 11 is 0. The number of hydrogen-bond acceptors (Lipinski definition) is 7. The van der Waals surface area contributed by atoms with Crippen molar-refractivity contribution in [1.82, 2.24) is 25.1 Å². The standard InChI is InChI=1S/C20H19F3N6O/c21-20(22,23)19-27-26-18(30-19)12-28-8-14-10-29(11-15(14)9-28)17-7-24-16(6-25-17)13-4-2-1-3-5-13/h1-7,14-15H,8-12H2. The average molecular weight is 416 g/mol. The molecule has 5 rings (SSSR count). The number of likely N-dealkylation sites (tertiary alicyclic amines) is 1. The number of halogens is 3. The predicted octanol–water partition coefficient (Wildman–Crippen LogP) is 3.11. The average Bonchev–Trinajstić information content (AvgIpc) is 3.44. The van der Waals surface area contributed by atoms with E-state index in [1.165, 1.54) is 0 Å². The Labute approximate surface area is 170 Å². The molecular weight excluding hydrogens is 397 g/mol. The predicted molar refractivity (Wildman–Crippen MR) is 101 cm³/mol. The molecule has 2 saturated heterocycles. The molecular formula is C20H19F3N6O. The first-order chi connectivity index (χ1) is 14.5. The minimum Gasteiger partial charge on any atom is -0.416 e. The van der Waals surface area contributed by atoms with Crippen molar-refractivity contribution in [3.05, 3.63) is 54.5 Å². The van der Waals surface area contributed by atoms with Crippen LogP contribution in [0.5, 0.6) is 0 Å². The smallest absolute Gasteiger partial charge is 0.416 e. The molecule has 2 fully saturated rings. The first-order valence-electron chi connectivity index (χ1n) is 9.70. The van der Waals surface area contributed by atoms with Gasteiger partial charge in [0.05, 0.1) is 24.6 Å². The van der Waals surface area contributed by atoms with Gasteiger partial charge in [-0.25, -0.2) is 4.98 Å². The highest BCUT2D eigenvalue weighted by atomic mass is 19.4. The first-order valence-corrected chi connectivity index (χ1v) is 9.70. The molecule has 2 aliphatic heterocycles. The van der Waals surface area contributed by atoms with Gasteiger partial charge in [-0.2, -0.15) is 13.2 Å². The highest BCUT2D eigenvalue weighted by molar-refractivity contribution is 5.58. The van der Waals surface area contributed by atoms with Crippen molar-refractivity contribution >= 4 is 5.82 Å². The van der Waals surface area contributed by atoms with Gasteiger partial charge in [-0.15, -0.1) is 10.2 Å². The summed E-state index contributed by atoms with van der Waals surface area (Å²) in [6, 6.07) is 9.90. The first kappa shape index (κ1) is 19.0. The normalized spacial score (nSPS) is 21.9. The highest BCUT2D eigenvalue weighted by Gasteiger charge is 2.42. The maximum atomic E-state index is 12.6. The van der Waals surface area contributed by atoms with Gasteiger partial charge in [0, 0.05) is 31.7 Å². The topological polar surface area (TPSA) is 71.2 Å². The molecule has 1 aromatic carbocycles. The second-order valence-corrected chi connectivity index (χ2v) is 7.74. The molecule has 156 valence electrons. The molecule has 30 heavy (non-hydrogen) atoms. The van der Waals surface area contributed by atoms with Gasteiger partial charge in [-0.1, -0.05) is 30.3 Å². The van der Waals surface area contributed by atoms with Crippen LogP contribution in [0.15, 0.2) is 47.1 Å². The Bertz CT molecular complexity index is 993. The molecule has 0 radical (unpaired) electrons.